The SMILES string of the molecule is Fc1ccc(Cn2ccnc2CCc2ccccc2)cc1Br. The second-order valence-electron chi connectivity index (χ2n) is 5.21. The van der Waals surface area contributed by atoms with Crippen LogP contribution in [0.1, 0.15) is 17.0 Å². The minimum Gasteiger partial charge on any atom is -0.331 e. The molecule has 0 saturated heterocycles. The van der Waals surface area contributed by atoms with Crippen molar-refractivity contribution in [1.82, 2.24) is 9.55 Å². The second kappa shape index (κ2) is 6.88. The number of hydrogen-bond acceptors (Lipinski definition) is 1. The molecule has 0 aliphatic carbocycles. The third kappa shape index (κ3) is 3.63. The third-order valence-electron chi connectivity index (χ3n) is 3.62. The quantitative estimate of drug-likeness (QED) is 0.650. The lowest BCUT2D eigenvalue weighted by molar-refractivity contribution is 0.619. The fourth-order valence-electron chi connectivity index (χ4n) is 2.45. The number of nitrogens with zero attached hydrogens (tertiary/aromatic N) is 2. The van der Waals surface area contributed by atoms with Gasteiger partial charge in [0.05, 0.1) is 4.47 Å². The molecule has 0 unspecified atom stereocenters. The van der Waals surface area contributed by atoms with Crippen LogP contribution in [0.3, 0.4) is 0 Å². The van der Waals surface area contributed by atoms with Gasteiger partial charge in [0.25, 0.3) is 0 Å². The van der Waals surface area contributed by atoms with E-state index in [2.05, 4.69) is 49.7 Å². The van der Waals surface area contributed by atoms with Gasteiger partial charge in [-0.05, 0) is 45.6 Å². The molecular weight excluding hydrogens is 343 g/mol. The zero-order valence-corrected chi connectivity index (χ0v) is 13.6. The van der Waals surface area contributed by atoms with E-state index >= 15 is 0 Å². The van der Waals surface area contributed by atoms with Gasteiger partial charge in [-0.3, -0.25) is 0 Å². The van der Waals surface area contributed by atoms with Gasteiger partial charge in [-0.25, -0.2) is 9.37 Å². The molecule has 0 aliphatic heterocycles. The number of halogens is 2. The van der Waals surface area contributed by atoms with Crippen molar-refractivity contribution in [2.24, 2.45) is 0 Å². The maximum absolute atomic E-state index is 13.3. The molecule has 2 aromatic carbocycles. The zero-order valence-electron chi connectivity index (χ0n) is 12.0. The van der Waals surface area contributed by atoms with Gasteiger partial charge in [-0.2, -0.15) is 0 Å². The molecule has 112 valence electrons. The highest BCUT2D eigenvalue weighted by Gasteiger charge is 2.06. The van der Waals surface area contributed by atoms with Gasteiger partial charge in [-0.1, -0.05) is 36.4 Å². The summed E-state index contributed by atoms with van der Waals surface area (Å²) >= 11 is 3.23. The number of aromatic nitrogens is 2. The maximum Gasteiger partial charge on any atom is 0.137 e. The molecule has 0 spiro atoms. The predicted molar refractivity (Wildman–Crippen MR) is 89.3 cm³/mol. The average molecular weight is 359 g/mol. The smallest absolute Gasteiger partial charge is 0.137 e. The van der Waals surface area contributed by atoms with E-state index in [0.717, 1.165) is 24.2 Å². The van der Waals surface area contributed by atoms with Gasteiger partial charge in [0.1, 0.15) is 11.6 Å². The van der Waals surface area contributed by atoms with Gasteiger partial charge in [0.15, 0.2) is 0 Å². The van der Waals surface area contributed by atoms with Gasteiger partial charge in [-0.15, -0.1) is 0 Å². The van der Waals surface area contributed by atoms with E-state index in [1.54, 1.807) is 6.07 Å². The van der Waals surface area contributed by atoms with E-state index < -0.39 is 0 Å². The molecule has 0 N–H and O–H groups in total. The monoisotopic (exact) mass is 358 g/mol. The minimum atomic E-state index is -0.237. The number of imidazole rings is 1. The largest absolute Gasteiger partial charge is 0.331 e. The fraction of sp³-hybridized carbons (Fsp3) is 0.167. The van der Waals surface area contributed by atoms with E-state index in [-0.39, 0.29) is 5.82 Å². The van der Waals surface area contributed by atoms with Crippen molar-refractivity contribution in [2.75, 3.05) is 0 Å². The van der Waals surface area contributed by atoms with Crippen LogP contribution in [-0.2, 0) is 19.4 Å². The van der Waals surface area contributed by atoms with Crippen molar-refractivity contribution in [1.29, 1.82) is 0 Å². The van der Waals surface area contributed by atoms with Crippen LogP contribution in [0.5, 0.6) is 0 Å². The summed E-state index contributed by atoms with van der Waals surface area (Å²) in [6, 6.07) is 15.5. The molecule has 0 saturated carbocycles. The normalized spacial score (nSPS) is 10.8. The molecule has 2 nitrogen and oxygen atoms in total. The van der Waals surface area contributed by atoms with Crippen molar-refractivity contribution in [3.63, 3.8) is 0 Å². The number of benzene rings is 2. The van der Waals surface area contributed by atoms with Crippen LogP contribution in [0.25, 0.3) is 0 Å². The van der Waals surface area contributed by atoms with Crippen molar-refractivity contribution in [3.05, 3.63) is 88.2 Å². The van der Waals surface area contributed by atoms with E-state index in [0.29, 0.717) is 11.0 Å². The molecule has 4 heteroatoms. The fourth-order valence-corrected chi connectivity index (χ4v) is 2.87. The van der Waals surface area contributed by atoms with Crippen molar-refractivity contribution in [2.45, 2.75) is 19.4 Å². The molecule has 3 aromatic rings. The van der Waals surface area contributed by atoms with E-state index in [1.807, 2.05) is 24.5 Å². The first-order valence-corrected chi connectivity index (χ1v) is 7.99. The summed E-state index contributed by atoms with van der Waals surface area (Å²) in [6.45, 7) is 0.697. The van der Waals surface area contributed by atoms with Crippen molar-refractivity contribution < 1.29 is 4.39 Å². The Kier molecular flexibility index (Phi) is 4.68. The average Bonchev–Trinajstić information content (AvgIpc) is 2.97. The van der Waals surface area contributed by atoms with Gasteiger partial charge in [0.2, 0.25) is 0 Å². The standard InChI is InChI=1S/C18H16BrFN2/c19-16-12-15(6-8-17(16)20)13-22-11-10-21-18(22)9-7-14-4-2-1-3-5-14/h1-6,8,10-12H,7,9,13H2. The lowest BCUT2D eigenvalue weighted by atomic mass is 10.1. The molecule has 0 fully saturated rings. The molecule has 0 radical (unpaired) electrons. The molecule has 0 aliphatic rings. The van der Waals surface area contributed by atoms with Crippen LogP contribution in [-0.4, -0.2) is 9.55 Å². The Balaban J connectivity index is 1.70. The van der Waals surface area contributed by atoms with Crippen LogP contribution in [0, 0.1) is 5.82 Å². The summed E-state index contributed by atoms with van der Waals surface area (Å²) in [5, 5.41) is 0. The van der Waals surface area contributed by atoms with Crippen LogP contribution in [0.4, 0.5) is 4.39 Å². The Hall–Kier alpha value is -1.94. The lowest BCUT2D eigenvalue weighted by Gasteiger charge is -2.09. The molecule has 3 rings (SSSR count). The zero-order chi connectivity index (χ0) is 15.4. The summed E-state index contributed by atoms with van der Waals surface area (Å²) in [6.07, 6.45) is 5.64. The third-order valence-corrected chi connectivity index (χ3v) is 4.23. The van der Waals surface area contributed by atoms with Gasteiger partial charge >= 0.3 is 0 Å². The Labute approximate surface area is 137 Å². The molecule has 1 heterocycles. The summed E-state index contributed by atoms with van der Waals surface area (Å²) in [5.74, 6) is 0.808. The molecular formula is C18H16BrFN2. The molecule has 22 heavy (non-hydrogen) atoms. The first kappa shape index (κ1) is 15.0. The van der Waals surface area contributed by atoms with Gasteiger partial charge < -0.3 is 4.57 Å². The lowest BCUT2D eigenvalue weighted by Crippen LogP contribution is -2.06. The Bertz CT molecular complexity index is 753. The Morgan fingerprint density at radius 3 is 2.59 bits per heavy atom. The number of aryl methyl sites for hydroxylation is 2. The highest BCUT2D eigenvalue weighted by molar-refractivity contribution is 9.10. The van der Waals surface area contributed by atoms with E-state index in [4.69, 9.17) is 0 Å². The maximum atomic E-state index is 13.3. The molecule has 0 atom stereocenters. The minimum absolute atomic E-state index is 0.237. The summed E-state index contributed by atoms with van der Waals surface area (Å²) in [5.41, 5.74) is 2.36. The van der Waals surface area contributed by atoms with Crippen LogP contribution < -0.4 is 0 Å². The van der Waals surface area contributed by atoms with E-state index in [9.17, 15) is 4.39 Å². The first-order chi connectivity index (χ1) is 10.7. The highest BCUT2D eigenvalue weighted by Crippen LogP contribution is 2.18. The van der Waals surface area contributed by atoms with E-state index in [1.165, 1.54) is 11.6 Å². The predicted octanol–water partition coefficient (Wildman–Crippen LogP) is 4.62. The summed E-state index contributed by atoms with van der Waals surface area (Å²) < 4.78 is 15.9. The first-order valence-electron chi connectivity index (χ1n) is 7.20. The Morgan fingerprint density at radius 2 is 1.82 bits per heavy atom. The van der Waals surface area contributed by atoms with Crippen LogP contribution >= 0.6 is 15.9 Å². The van der Waals surface area contributed by atoms with Crippen molar-refractivity contribution >= 4 is 15.9 Å². The van der Waals surface area contributed by atoms with Crippen LogP contribution in [0.2, 0.25) is 0 Å². The molecule has 0 amide bonds. The number of hydrogen-bond donors (Lipinski definition) is 0. The van der Waals surface area contributed by atoms with Gasteiger partial charge in [0, 0.05) is 25.4 Å². The highest BCUT2D eigenvalue weighted by atomic mass is 79.9. The topological polar surface area (TPSA) is 17.8 Å². The van der Waals surface area contributed by atoms with Crippen LogP contribution in [0.15, 0.2) is 65.4 Å². The molecule has 1 aromatic heterocycles. The molecule has 0 bridgehead atoms. The summed E-state index contributed by atoms with van der Waals surface area (Å²) in [4.78, 5) is 4.44. The second-order valence-corrected chi connectivity index (χ2v) is 6.06. The summed E-state index contributed by atoms with van der Waals surface area (Å²) in [7, 11) is 0. The Morgan fingerprint density at radius 1 is 1.00 bits per heavy atom. The number of rotatable bonds is 5. The van der Waals surface area contributed by atoms with Crippen molar-refractivity contribution in [3.8, 4) is 0 Å².